The lowest BCUT2D eigenvalue weighted by Gasteiger charge is -2.25. The Morgan fingerprint density at radius 2 is 2.20 bits per heavy atom. The zero-order valence-corrected chi connectivity index (χ0v) is 12.9. The average molecular weight is 294 g/mol. The molecule has 0 saturated heterocycles. The van der Waals surface area contributed by atoms with Gasteiger partial charge in [-0.15, -0.1) is 0 Å². The summed E-state index contributed by atoms with van der Waals surface area (Å²) in [5.74, 6) is 3.71. The quantitative estimate of drug-likeness (QED) is 0.889. The zero-order chi connectivity index (χ0) is 14.1. The molecule has 0 heterocycles. The number of ether oxygens (including phenoxy) is 1. The molecular formula is C17H24ClNO. The number of methoxy groups -OCH3 is 1. The van der Waals surface area contributed by atoms with E-state index < -0.39 is 0 Å². The number of benzene rings is 1. The number of nitrogens with two attached hydrogens (primary N) is 1. The van der Waals surface area contributed by atoms with Gasteiger partial charge >= 0.3 is 0 Å². The Morgan fingerprint density at radius 3 is 2.85 bits per heavy atom. The molecule has 2 aliphatic carbocycles. The molecule has 2 aliphatic rings. The summed E-state index contributed by atoms with van der Waals surface area (Å²) in [6.45, 7) is 0. The molecule has 4 atom stereocenters. The fourth-order valence-corrected chi connectivity index (χ4v) is 4.52. The van der Waals surface area contributed by atoms with Crippen LogP contribution in [-0.2, 0) is 6.42 Å². The van der Waals surface area contributed by atoms with Crippen LogP contribution in [0.2, 0.25) is 5.02 Å². The molecule has 2 N–H and O–H groups in total. The molecule has 0 aromatic heterocycles. The van der Waals surface area contributed by atoms with Gasteiger partial charge in [-0.3, -0.25) is 0 Å². The summed E-state index contributed by atoms with van der Waals surface area (Å²) in [6, 6.07) is 6.00. The van der Waals surface area contributed by atoms with E-state index in [4.69, 9.17) is 22.1 Å². The van der Waals surface area contributed by atoms with Crippen LogP contribution < -0.4 is 10.5 Å². The van der Waals surface area contributed by atoms with Crippen molar-refractivity contribution < 1.29 is 4.74 Å². The van der Waals surface area contributed by atoms with E-state index in [0.29, 0.717) is 0 Å². The van der Waals surface area contributed by atoms with Gasteiger partial charge in [-0.2, -0.15) is 0 Å². The van der Waals surface area contributed by atoms with Crippen LogP contribution in [0.15, 0.2) is 18.2 Å². The first-order valence-electron chi connectivity index (χ1n) is 7.73. The molecule has 2 nitrogen and oxygen atoms in total. The number of halogens is 1. The average Bonchev–Trinajstić information content (AvgIpc) is 3.01. The van der Waals surface area contributed by atoms with Crippen molar-refractivity contribution in [1.82, 2.24) is 0 Å². The Balaban J connectivity index is 1.61. The summed E-state index contributed by atoms with van der Waals surface area (Å²) in [7, 11) is 1.70. The Morgan fingerprint density at radius 1 is 1.35 bits per heavy atom. The van der Waals surface area contributed by atoms with Crippen LogP contribution in [-0.4, -0.2) is 13.2 Å². The van der Waals surface area contributed by atoms with Crippen molar-refractivity contribution in [3.8, 4) is 5.75 Å². The Bertz CT molecular complexity index is 476. The first-order chi connectivity index (χ1) is 9.65. The molecule has 0 amide bonds. The van der Waals surface area contributed by atoms with Gasteiger partial charge in [-0.05, 0) is 73.6 Å². The summed E-state index contributed by atoms with van der Waals surface area (Å²) in [5, 5.41) is 0.757. The number of hydrogen-bond donors (Lipinski definition) is 1. The number of fused-ring (bicyclic) bond motifs is 2. The molecule has 4 unspecified atom stereocenters. The van der Waals surface area contributed by atoms with Crippen molar-refractivity contribution >= 4 is 11.6 Å². The third-order valence-electron chi connectivity index (χ3n) is 5.21. The van der Waals surface area contributed by atoms with Crippen LogP contribution in [0, 0.1) is 17.8 Å². The summed E-state index contributed by atoms with van der Waals surface area (Å²) in [4.78, 5) is 0. The van der Waals surface area contributed by atoms with Crippen LogP contribution >= 0.6 is 11.6 Å². The van der Waals surface area contributed by atoms with Crippen LogP contribution in [0.4, 0.5) is 0 Å². The monoisotopic (exact) mass is 293 g/mol. The van der Waals surface area contributed by atoms with Gasteiger partial charge in [-0.25, -0.2) is 0 Å². The van der Waals surface area contributed by atoms with Gasteiger partial charge < -0.3 is 10.5 Å². The third kappa shape index (κ3) is 2.96. The van der Waals surface area contributed by atoms with Gasteiger partial charge in [0.05, 0.1) is 7.11 Å². The predicted octanol–water partition coefficient (Wildman–Crippen LogP) is 4.04. The molecule has 3 heteroatoms. The molecule has 1 aromatic rings. The second-order valence-corrected chi connectivity index (χ2v) is 7.03. The van der Waals surface area contributed by atoms with Crippen LogP contribution in [0.1, 0.15) is 37.7 Å². The number of rotatable bonds is 5. The first-order valence-corrected chi connectivity index (χ1v) is 8.11. The molecule has 110 valence electrons. The van der Waals surface area contributed by atoms with E-state index in [1.165, 1.54) is 25.7 Å². The highest BCUT2D eigenvalue weighted by Gasteiger charge is 2.39. The molecule has 2 fully saturated rings. The van der Waals surface area contributed by atoms with Crippen molar-refractivity contribution in [2.45, 2.75) is 44.6 Å². The minimum absolute atomic E-state index is 0.215. The maximum atomic E-state index is 6.39. The molecule has 0 aliphatic heterocycles. The maximum Gasteiger partial charge on any atom is 0.122 e. The maximum absolute atomic E-state index is 6.39. The smallest absolute Gasteiger partial charge is 0.122 e. The van der Waals surface area contributed by atoms with Crippen molar-refractivity contribution in [3.63, 3.8) is 0 Å². The summed E-state index contributed by atoms with van der Waals surface area (Å²) >= 11 is 6.08. The lowest BCUT2D eigenvalue weighted by Crippen LogP contribution is -2.28. The lowest BCUT2D eigenvalue weighted by molar-refractivity contribution is 0.293. The molecule has 3 rings (SSSR count). The van der Waals surface area contributed by atoms with Crippen LogP contribution in [0.3, 0.4) is 0 Å². The van der Waals surface area contributed by atoms with Crippen LogP contribution in [0.5, 0.6) is 5.75 Å². The van der Waals surface area contributed by atoms with E-state index in [-0.39, 0.29) is 6.04 Å². The van der Waals surface area contributed by atoms with Crippen molar-refractivity contribution in [2.75, 3.05) is 7.11 Å². The molecular weight excluding hydrogens is 270 g/mol. The molecule has 0 radical (unpaired) electrons. The predicted molar refractivity (Wildman–Crippen MR) is 83.2 cm³/mol. The summed E-state index contributed by atoms with van der Waals surface area (Å²) < 4.78 is 5.41. The lowest BCUT2D eigenvalue weighted by atomic mass is 9.83. The highest BCUT2D eigenvalue weighted by molar-refractivity contribution is 6.30. The summed E-state index contributed by atoms with van der Waals surface area (Å²) in [6.07, 6.45) is 7.76. The van der Waals surface area contributed by atoms with E-state index >= 15 is 0 Å². The van der Waals surface area contributed by atoms with Gasteiger partial charge in [0.25, 0.3) is 0 Å². The second-order valence-electron chi connectivity index (χ2n) is 6.59. The van der Waals surface area contributed by atoms with E-state index in [0.717, 1.165) is 46.9 Å². The highest BCUT2D eigenvalue weighted by atomic mass is 35.5. The fourth-order valence-electron chi connectivity index (χ4n) is 4.33. The molecule has 2 bridgehead atoms. The third-order valence-corrected chi connectivity index (χ3v) is 5.45. The van der Waals surface area contributed by atoms with Crippen molar-refractivity contribution in [3.05, 3.63) is 28.8 Å². The van der Waals surface area contributed by atoms with Gasteiger partial charge in [0.1, 0.15) is 5.75 Å². The van der Waals surface area contributed by atoms with Crippen LogP contribution in [0.25, 0.3) is 0 Å². The SMILES string of the molecule is COc1ccc(Cl)cc1CC(N)CC1CC2CCC1C2. The highest BCUT2D eigenvalue weighted by Crippen LogP contribution is 2.49. The largest absolute Gasteiger partial charge is 0.496 e. The molecule has 0 spiro atoms. The van der Waals surface area contributed by atoms with Gasteiger partial charge in [0.15, 0.2) is 0 Å². The number of hydrogen-bond acceptors (Lipinski definition) is 2. The van der Waals surface area contributed by atoms with Gasteiger partial charge in [0.2, 0.25) is 0 Å². The normalized spacial score (nSPS) is 29.6. The van der Waals surface area contributed by atoms with E-state index in [9.17, 15) is 0 Å². The topological polar surface area (TPSA) is 35.2 Å². The Hall–Kier alpha value is -0.730. The standard InChI is InChI=1S/C17H24ClNO/c1-20-17-5-4-15(18)8-14(17)10-16(19)9-13-7-11-2-3-12(13)6-11/h4-5,8,11-13,16H,2-3,6-7,9-10,19H2,1H3. The minimum Gasteiger partial charge on any atom is -0.496 e. The molecule has 2 saturated carbocycles. The minimum atomic E-state index is 0.215. The molecule has 20 heavy (non-hydrogen) atoms. The second kappa shape index (κ2) is 5.95. The Labute approximate surface area is 126 Å². The fraction of sp³-hybridized carbons (Fsp3) is 0.647. The van der Waals surface area contributed by atoms with E-state index in [2.05, 4.69) is 0 Å². The van der Waals surface area contributed by atoms with Crippen molar-refractivity contribution in [2.24, 2.45) is 23.5 Å². The molecule has 1 aromatic carbocycles. The summed E-state index contributed by atoms with van der Waals surface area (Å²) in [5.41, 5.74) is 7.53. The zero-order valence-electron chi connectivity index (χ0n) is 12.1. The van der Waals surface area contributed by atoms with Gasteiger partial charge in [0, 0.05) is 11.1 Å². The Kier molecular flexibility index (Phi) is 4.23. The van der Waals surface area contributed by atoms with E-state index in [1.54, 1.807) is 7.11 Å². The van der Waals surface area contributed by atoms with E-state index in [1.807, 2.05) is 18.2 Å². The van der Waals surface area contributed by atoms with Gasteiger partial charge in [-0.1, -0.05) is 18.0 Å². The first kappa shape index (κ1) is 14.2. The van der Waals surface area contributed by atoms with Crippen molar-refractivity contribution in [1.29, 1.82) is 0 Å².